The molecule has 1 aromatic heterocycles. The Balaban J connectivity index is 1.78. The maximum Gasteiger partial charge on any atom is 0.295 e. The van der Waals surface area contributed by atoms with Crippen LogP contribution in [0.5, 0.6) is 0 Å². The summed E-state index contributed by atoms with van der Waals surface area (Å²) in [6, 6.07) is 17.1. The molecule has 0 aliphatic carbocycles. The van der Waals surface area contributed by atoms with Gasteiger partial charge in [-0.2, -0.15) is 0 Å². The van der Waals surface area contributed by atoms with E-state index >= 15 is 0 Å². The van der Waals surface area contributed by atoms with Crippen molar-refractivity contribution in [3.05, 3.63) is 72.3 Å². The highest BCUT2D eigenvalue weighted by molar-refractivity contribution is 6.01. The molecule has 0 fully saturated rings. The molecule has 3 rings (SSSR count). The third-order valence-electron chi connectivity index (χ3n) is 2.99. The zero-order valence-corrected chi connectivity index (χ0v) is 11.5. The Morgan fingerprint density at radius 2 is 1.90 bits per heavy atom. The number of nitrogens with zero attached hydrogens (tertiary/aromatic N) is 3. The predicted octanol–water partition coefficient (Wildman–Crippen LogP) is 2.83. The highest BCUT2D eigenvalue weighted by Gasteiger charge is 2.12. The minimum Gasteiger partial charge on any atom is -0.319 e. The molecule has 104 valence electrons. The number of aromatic nitrogens is 3. The van der Waals surface area contributed by atoms with Crippen molar-refractivity contribution in [1.29, 1.82) is 0 Å². The minimum absolute atomic E-state index is 0.139. The summed E-state index contributed by atoms with van der Waals surface area (Å²) < 4.78 is 1.57. The van der Waals surface area contributed by atoms with Gasteiger partial charge in [0, 0.05) is 5.69 Å². The maximum absolute atomic E-state index is 12.1. The maximum atomic E-state index is 12.1. The van der Waals surface area contributed by atoms with E-state index in [0.717, 1.165) is 16.9 Å². The van der Waals surface area contributed by atoms with Gasteiger partial charge in [0.2, 0.25) is 5.82 Å². The average molecular weight is 278 g/mol. The number of hydrogen-bond donors (Lipinski definition) is 1. The fourth-order valence-electron chi connectivity index (χ4n) is 1.98. The van der Waals surface area contributed by atoms with Crippen LogP contribution in [0.25, 0.3) is 5.69 Å². The van der Waals surface area contributed by atoms with Gasteiger partial charge in [0.05, 0.1) is 5.69 Å². The summed E-state index contributed by atoms with van der Waals surface area (Å²) in [5.74, 6) is -0.185. The van der Waals surface area contributed by atoms with Gasteiger partial charge in [-0.15, -0.1) is 5.10 Å². The van der Waals surface area contributed by atoms with Crippen LogP contribution in [0, 0.1) is 6.92 Å². The van der Waals surface area contributed by atoms with Gasteiger partial charge in [0.1, 0.15) is 6.33 Å². The number of nitrogens with one attached hydrogen (secondary N) is 1. The van der Waals surface area contributed by atoms with Crippen molar-refractivity contribution in [2.24, 2.45) is 0 Å². The van der Waals surface area contributed by atoms with Gasteiger partial charge < -0.3 is 5.32 Å². The molecule has 5 heteroatoms. The molecule has 1 amide bonds. The molecule has 0 unspecified atom stereocenters. The summed E-state index contributed by atoms with van der Waals surface area (Å²) in [5, 5.41) is 6.98. The lowest BCUT2D eigenvalue weighted by atomic mass is 10.2. The second-order valence-electron chi connectivity index (χ2n) is 4.67. The molecule has 1 heterocycles. The topological polar surface area (TPSA) is 59.8 Å². The first-order chi connectivity index (χ1) is 10.2. The lowest BCUT2D eigenvalue weighted by Gasteiger charge is -2.03. The van der Waals surface area contributed by atoms with Crippen molar-refractivity contribution >= 4 is 11.6 Å². The molecule has 0 saturated heterocycles. The van der Waals surface area contributed by atoms with Crippen LogP contribution in [0.1, 0.15) is 16.2 Å². The highest BCUT2D eigenvalue weighted by Crippen LogP contribution is 2.11. The molecule has 0 aliphatic rings. The lowest BCUT2D eigenvalue weighted by molar-refractivity contribution is 0.101. The van der Waals surface area contributed by atoms with Crippen molar-refractivity contribution in [2.75, 3.05) is 5.32 Å². The normalized spacial score (nSPS) is 10.3. The molecule has 0 bridgehead atoms. The third kappa shape index (κ3) is 2.97. The Kier molecular flexibility index (Phi) is 3.47. The van der Waals surface area contributed by atoms with Crippen LogP contribution in [-0.4, -0.2) is 20.7 Å². The van der Waals surface area contributed by atoms with Crippen molar-refractivity contribution in [1.82, 2.24) is 14.8 Å². The van der Waals surface area contributed by atoms with E-state index < -0.39 is 0 Å². The van der Waals surface area contributed by atoms with Gasteiger partial charge in [-0.25, -0.2) is 9.67 Å². The van der Waals surface area contributed by atoms with Gasteiger partial charge in [-0.05, 0) is 36.8 Å². The summed E-state index contributed by atoms with van der Waals surface area (Å²) in [4.78, 5) is 16.2. The number of rotatable bonds is 3. The number of para-hydroxylation sites is 1. The van der Waals surface area contributed by atoms with E-state index in [1.807, 2.05) is 61.5 Å². The van der Waals surface area contributed by atoms with Gasteiger partial charge in [0.15, 0.2) is 0 Å². The SMILES string of the molecule is Cc1cccc(NC(=O)c2ncn(-c3ccccc3)n2)c1. The Hall–Kier alpha value is -2.95. The lowest BCUT2D eigenvalue weighted by Crippen LogP contribution is -2.14. The molecule has 0 radical (unpaired) electrons. The average Bonchev–Trinajstić information content (AvgIpc) is 2.98. The van der Waals surface area contributed by atoms with E-state index in [1.165, 1.54) is 6.33 Å². The van der Waals surface area contributed by atoms with Crippen molar-refractivity contribution in [3.8, 4) is 5.69 Å². The van der Waals surface area contributed by atoms with Crippen LogP contribution in [0.3, 0.4) is 0 Å². The van der Waals surface area contributed by atoms with E-state index in [0.29, 0.717) is 0 Å². The van der Waals surface area contributed by atoms with E-state index in [1.54, 1.807) is 4.68 Å². The summed E-state index contributed by atoms with van der Waals surface area (Å²) in [6.07, 6.45) is 1.53. The first kappa shape index (κ1) is 13.1. The molecule has 2 aromatic carbocycles. The molecule has 21 heavy (non-hydrogen) atoms. The van der Waals surface area contributed by atoms with Crippen molar-refractivity contribution in [2.45, 2.75) is 6.92 Å². The van der Waals surface area contributed by atoms with Crippen molar-refractivity contribution < 1.29 is 4.79 Å². The van der Waals surface area contributed by atoms with E-state index in [9.17, 15) is 4.79 Å². The molecule has 5 nitrogen and oxygen atoms in total. The highest BCUT2D eigenvalue weighted by atomic mass is 16.2. The summed E-state index contributed by atoms with van der Waals surface area (Å²) in [6.45, 7) is 1.97. The largest absolute Gasteiger partial charge is 0.319 e. The quantitative estimate of drug-likeness (QED) is 0.801. The number of amides is 1. The molecule has 0 spiro atoms. The first-order valence-electron chi connectivity index (χ1n) is 6.57. The second kappa shape index (κ2) is 5.58. The van der Waals surface area contributed by atoms with Crippen LogP contribution in [0.15, 0.2) is 60.9 Å². The fourth-order valence-corrected chi connectivity index (χ4v) is 1.98. The number of anilines is 1. The predicted molar refractivity (Wildman–Crippen MR) is 80.5 cm³/mol. The van der Waals surface area contributed by atoms with E-state index in [4.69, 9.17) is 0 Å². The van der Waals surface area contributed by atoms with Crippen LogP contribution in [0.4, 0.5) is 5.69 Å². The van der Waals surface area contributed by atoms with Gasteiger partial charge in [-0.3, -0.25) is 4.79 Å². The molecule has 0 saturated carbocycles. The van der Waals surface area contributed by atoms with Crippen molar-refractivity contribution in [3.63, 3.8) is 0 Å². The van der Waals surface area contributed by atoms with Gasteiger partial charge in [0.25, 0.3) is 5.91 Å². The Bertz CT molecular complexity index is 765. The molecule has 0 atom stereocenters. The minimum atomic E-state index is -0.324. The van der Waals surface area contributed by atoms with E-state index in [2.05, 4.69) is 15.4 Å². The molecule has 1 N–H and O–H groups in total. The molecule has 3 aromatic rings. The monoisotopic (exact) mass is 278 g/mol. The van der Waals surface area contributed by atoms with Crippen LogP contribution < -0.4 is 5.32 Å². The number of benzene rings is 2. The van der Waals surface area contributed by atoms with Gasteiger partial charge >= 0.3 is 0 Å². The molecule has 0 aliphatic heterocycles. The molecular weight excluding hydrogens is 264 g/mol. The Labute approximate surface area is 122 Å². The number of carbonyl (C=O) groups is 1. The second-order valence-corrected chi connectivity index (χ2v) is 4.67. The van der Waals surface area contributed by atoms with Crippen LogP contribution >= 0.6 is 0 Å². The first-order valence-corrected chi connectivity index (χ1v) is 6.57. The number of hydrogen-bond acceptors (Lipinski definition) is 3. The Morgan fingerprint density at radius 3 is 2.67 bits per heavy atom. The Morgan fingerprint density at radius 1 is 1.10 bits per heavy atom. The summed E-state index contributed by atoms with van der Waals surface area (Å²) in [5.41, 5.74) is 2.67. The zero-order valence-electron chi connectivity index (χ0n) is 11.5. The van der Waals surface area contributed by atoms with Crippen LogP contribution in [-0.2, 0) is 0 Å². The van der Waals surface area contributed by atoms with Crippen LogP contribution in [0.2, 0.25) is 0 Å². The standard InChI is InChI=1S/C16H14N4O/c1-12-6-5-7-13(10-12)18-16(21)15-17-11-20(19-15)14-8-3-2-4-9-14/h2-11H,1H3,(H,18,21). The van der Waals surface area contributed by atoms with Gasteiger partial charge in [-0.1, -0.05) is 30.3 Å². The fraction of sp³-hybridized carbons (Fsp3) is 0.0625. The smallest absolute Gasteiger partial charge is 0.295 e. The summed E-state index contributed by atoms with van der Waals surface area (Å²) in [7, 11) is 0. The zero-order chi connectivity index (χ0) is 14.7. The number of carbonyl (C=O) groups excluding carboxylic acids is 1. The van der Waals surface area contributed by atoms with E-state index in [-0.39, 0.29) is 11.7 Å². The third-order valence-corrected chi connectivity index (χ3v) is 2.99. The molecular formula is C16H14N4O. The summed E-state index contributed by atoms with van der Waals surface area (Å²) >= 11 is 0. The number of aryl methyl sites for hydroxylation is 1.